The molecule has 4 nitrogen and oxygen atoms in total. The van der Waals surface area contributed by atoms with E-state index < -0.39 is 6.61 Å². The smallest absolute Gasteiger partial charge is 0.387 e. The van der Waals surface area contributed by atoms with Crippen molar-refractivity contribution in [3.8, 4) is 5.75 Å². The van der Waals surface area contributed by atoms with E-state index in [1.165, 1.54) is 12.1 Å². The second-order valence-electron chi connectivity index (χ2n) is 5.60. The highest BCUT2D eigenvalue weighted by Crippen LogP contribution is 2.15. The summed E-state index contributed by atoms with van der Waals surface area (Å²) in [6, 6.07) is 13.6. The van der Waals surface area contributed by atoms with Crippen molar-refractivity contribution in [2.24, 2.45) is 0 Å². The number of alkyl halides is 2. The fourth-order valence-corrected chi connectivity index (χ4v) is 2.51. The van der Waals surface area contributed by atoms with Gasteiger partial charge in [-0.3, -0.25) is 9.69 Å². The van der Waals surface area contributed by atoms with Crippen molar-refractivity contribution >= 4 is 17.5 Å². The Morgan fingerprint density at radius 3 is 2.56 bits per heavy atom. The summed E-state index contributed by atoms with van der Waals surface area (Å²) in [4.78, 5) is 13.8. The fraction of sp³-hybridized carbons (Fsp3) is 0.278. The maximum atomic E-state index is 12.1. The zero-order valence-electron chi connectivity index (χ0n) is 13.7. The molecule has 0 saturated heterocycles. The predicted octanol–water partition coefficient (Wildman–Crippen LogP) is 3.69. The van der Waals surface area contributed by atoms with Gasteiger partial charge in [-0.2, -0.15) is 8.78 Å². The first-order chi connectivity index (χ1) is 11.9. The second-order valence-corrected chi connectivity index (χ2v) is 6.04. The number of amides is 1. The lowest BCUT2D eigenvalue weighted by atomic mass is 10.2. The first-order valence-electron chi connectivity index (χ1n) is 7.66. The Bertz CT molecular complexity index is 696. The SMILES string of the molecule is CN(CC(=O)NCc1cccc(Cl)c1)Cc1ccc(OC(F)F)cc1. The molecule has 25 heavy (non-hydrogen) atoms. The minimum atomic E-state index is -2.84. The van der Waals surface area contributed by atoms with E-state index in [9.17, 15) is 13.6 Å². The average Bonchev–Trinajstić information content (AvgIpc) is 2.54. The van der Waals surface area contributed by atoms with E-state index in [0.717, 1.165) is 11.1 Å². The van der Waals surface area contributed by atoms with Crippen molar-refractivity contribution in [1.29, 1.82) is 0 Å². The van der Waals surface area contributed by atoms with E-state index in [1.807, 2.05) is 24.1 Å². The van der Waals surface area contributed by atoms with Gasteiger partial charge < -0.3 is 10.1 Å². The number of ether oxygens (including phenoxy) is 1. The van der Waals surface area contributed by atoms with Gasteiger partial charge in [-0.05, 0) is 42.4 Å². The van der Waals surface area contributed by atoms with Gasteiger partial charge in [0, 0.05) is 18.1 Å². The molecule has 0 saturated carbocycles. The summed E-state index contributed by atoms with van der Waals surface area (Å²) < 4.78 is 28.5. The van der Waals surface area contributed by atoms with Gasteiger partial charge >= 0.3 is 6.61 Å². The highest BCUT2D eigenvalue weighted by Gasteiger charge is 2.08. The number of hydrogen-bond acceptors (Lipinski definition) is 3. The number of carbonyl (C=O) groups excluding carboxylic acids is 1. The second kappa shape index (κ2) is 9.34. The summed E-state index contributed by atoms with van der Waals surface area (Å²) in [5.41, 5.74) is 1.82. The Hall–Kier alpha value is -2.18. The zero-order chi connectivity index (χ0) is 18.2. The molecule has 0 fully saturated rings. The van der Waals surface area contributed by atoms with Crippen LogP contribution in [0.5, 0.6) is 5.75 Å². The van der Waals surface area contributed by atoms with Crippen LogP contribution in [-0.2, 0) is 17.9 Å². The third-order valence-electron chi connectivity index (χ3n) is 3.39. The van der Waals surface area contributed by atoms with Gasteiger partial charge in [-0.25, -0.2) is 0 Å². The van der Waals surface area contributed by atoms with Crippen molar-refractivity contribution in [3.63, 3.8) is 0 Å². The number of benzene rings is 2. The molecule has 0 unspecified atom stereocenters. The van der Waals surface area contributed by atoms with Crippen LogP contribution in [0.25, 0.3) is 0 Å². The van der Waals surface area contributed by atoms with Crippen LogP contribution in [0.1, 0.15) is 11.1 Å². The number of halogens is 3. The summed E-state index contributed by atoms with van der Waals surface area (Å²) in [5, 5.41) is 3.46. The molecule has 0 aliphatic rings. The van der Waals surface area contributed by atoms with Gasteiger partial charge in [0.15, 0.2) is 0 Å². The maximum absolute atomic E-state index is 12.1. The van der Waals surface area contributed by atoms with Crippen LogP contribution >= 0.6 is 11.6 Å². The maximum Gasteiger partial charge on any atom is 0.387 e. The van der Waals surface area contributed by atoms with E-state index in [2.05, 4.69) is 10.1 Å². The highest BCUT2D eigenvalue weighted by atomic mass is 35.5. The van der Waals surface area contributed by atoms with Crippen LogP contribution in [0.2, 0.25) is 5.02 Å². The first kappa shape index (κ1) is 19.1. The number of nitrogens with zero attached hydrogens (tertiary/aromatic N) is 1. The molecular formula is C18H19ClF2N2O2. The Kier molecular flexibility index (Phi) is 7.16. The molecule has 0 radical (unpaired) electrons. The summed E-state index contributed by atoms with van der Waals surface area (Å²) in [5.74, 6) is 0.000738. The van der Waals surface area contributed by atoms with Crippen LogP contribution in [0, 0.1) is 0 Å². The third kappa shape index (κ3) is 7.07. The van der Waals surface area contributed by atoms with Crippen molar-refractivity contribution in [3.05, 3.63) is 64.7 Å². The van der Waals surface area contributed by atoms with Crippen LogP contribution in [0.4, 0.5) is 8.78 Å². The lowest BCUT2D eigenvalue weighted by molar-refractivity contribution is -0.122. The quantitative estimate of drug-likeness (QED) is 0.772. The minimum Gasteiger partial charge on any atom is -0.435 e. The monoisotopic (exact) mass is 368 g/mol. The number of carbonyl (C=O) groups is 1. The average molecular weight is 369 g/mol. The topological polar surface area (TPSA) is 41.6 Å². The fourth-order valence-electron chi connectivity index (χ4n) is 2.29. The molecule has 0 aromatic heterocycles. The summed E-state index contributed by atoms with van der Waals surface area (Å²) >= 11 is 5.90. The summed E-state index contributed by atoms with van der Waals surface area (Å²) in [7, 11) is 1.81. The lowest BCUT2D eigenvalue weighted by Crippen LogP contribution is -2.34. The molecular weight excluding hydrogens is 350 g/mol. The van der Waals surface area contributed by atoms with Crippen LogP contribution in [0.15, 0.2) is 48.5 Å². The van der Waals surface area contributed by atoms with Crippen molar-refractivity contribution in [1.82, 2.24) is 10.2 Å². The molecule has 0 heterocycles. The molecule has 0 bridgehead atoms. The van der Waals surface area contributed by atoms with Gasteiger partial charge in [0.1, 0.15) is 5.75 Å². The van der Waals surface area contributed by atoms with Crippen molar-refractivity contribution < 1.29 is 18.3 Å². The molecule has 2 rings (SSSR count). The Balaban J connectivity index is 1.77. The minimum absolute atomic E-state index is 0.111. The normalized spacial score (nSPS) is 11.0. The Labute approximate surface area is 150 Å². The molecule has 2 aromatic rings. The zero-order valence-corrected chi connectivity index (χ0v) is 14.5. The molecule has 0 atom stereocenters. The van der Waals surface area contributed by atoms with E-state index in [-0.39, 0.29) is 18.2 Å². The Morgan fingerprint density at radius 1 is 1.20 bits per heavy atom. The summed E-state index contributed by atoms with van der Waals surface area (Å²) in [6.45, 7) is -1.70. The van der Waals surface area contributed by atoms with Crippen molar-refractivity contribution in [2.75, 3.05) is 13.6 Å². The molecule has 134 valence electrons. The molecule has 0 aliphatic heterocycles. The van der Waals surface area contributed by atoms with Gasteiger partial charge in [-0.1, -0.05) is 35.9 Å². The van der Waals surface area contributed by atoms with Crippen molar-refractivity contribution in [2.45, 2.75) is 19.7 Å². The van der Waals surface area contributed by atoms with Crippen LogP contribution < -0.4 is 10.1 Å². The van der Waals surface area contributed by atoms with E-state index in [4.69, 9.17) is 11.6 Å². The number of nitrogens with one attached hydrogen (secondary N) is 1. The third-order valence-corrected chi connectivity index (χ3v) is 3.63. The lowest BCUT2D eigenvalue weighted by Gasteiger charge is -2.16. The number of rotatable bonds is 8. The van der Waals surface area contributed by atoms with Gasteiger partial charge in [0.05, 0.1) is 6.54 Å². The number of hydrogen-bond donors (Lipinski definition) is 1. The summed E-state index contributed by atoms with van der Waals surface area (Å²) in [6.07, 6.45) is 0. The van der Waals surface area contributed by atoms with E-state index in [0.29, 0.717) is 18.1 Å². The standard InChI is InChI=1S/C18H19ClF2N2O2/c1-23(11-13-5-7-16(8-6-13)25-18(20)21)12-17(24)22-10-14-3-2-4-15(19)9-14/h2-9,18H,10-12H2,1H3,(H,22,24). The molecule has 1 N–H and O–H groups in total. The highest BCUT2D eigenvalue weighted by molar-refractivity contribution is 6.30. The molecule has 1 amide bonds. The van der Waals surface area contributed by atoms with Crippen LogP contribution in [-0.4, -0.2) is 31.0 Å². The molecule has 0 spiro atoms. The molecule has 7 heteroatoms. The predicted molar refractivity (Wildman–Crippen MR) is 92.7 cm³/mol. The van der Waals surface area contributed by atoms with Gasteiger partial charge in [0.25, 0.3) is 0 Å². The van der Waals surface area contributed by atoms with Gasteiger partial charge in [0.2, 0.25) is 5.91 Å². The van der Waals surface area contributed by atoms with Gasteiger partial charge in [-0.15, -0.1) is 0 Å². The largest absolute Gasteiger partial charge is 0.435 e. The van der Waals surface area contributed by atoms with Crippen LogP contribution in [0.3, 0.4) is 0 Å². The first-order valence-corrected chi connectivity index (χ1v) is 8.03. The van der Waals surface area contributed by atoms with E-state index in [1.54, 1.807) is 24.3 Å². The molecule has 0 aliphatic carbocycles. The number of likely N-dealkylation sites (N-methyl/N-ethyl adjacent to an activating group) is 1. The Morgan fingerprint density at radius 2 is 1.92 bits per heavy atom. The van der Waals surface area contributed by atoms with E-state index >= 15 is 0 Å². The molecule has 2 aromatic carbocycles.